The highest BCUT2D eigenvalue weighted by Gasteiger charge is 2.53. The van der Waals surface area contributed by atoms with Crippen LogP contribution in [0.25, 0.3) is 0 Å². The zero-order valence-corrected chi connectivity index (χ0v) is 14.9. The number of amides is 1. The van der Waals surface area contributed by atoms with Gasteiger partial charge >= 0.3 is 6.09 Å². The van der Waals surface area contributed by atoms with E-state index in [0.29, 0.717) is 12.0 Å². The lowest BCUT2D eigenvalue weighted by Crippen LogP contribution is -2.74. The van der Waals surface area contributed by atoms with Crippen molar-refractivity contribution in [1.29, 1.82) is 0 Å². The second-order valence-electron chi connectivity index (χ2n) is 8.62. The zero-order valence-electron chi connectivity index (χ0n) is 14.9. The van der Waals surface area contributed by atoms with E-state index >= 15 is 0 Å². The first-order valence-electron chi connectivity index (χ1n) is 9.20. The van der Waals surface area contributed by atoms with Gasteiger partial charge in [0, 0.05) is 18.6 Å². The topological polar surface area (TPSA) is 59.6 Å². The van der Waals surface area contributed by atoms with E-state index in [2.05, 4.69) is 17.6 Å². The van der Waals surface area contributed by atoms with Crippen LogP contribution < -0.4 is 10.6 Å². The summed E-state index contributed by atoms with van der Waals surface area (Å²) in [6.07, 6.45) is 5.91. The van der Waals surface area contributed by atoms with Crippen LogP contribution in [0.15, 0.2) is 0 Å². The molecule has 23 heavy (non-hydrogen) atoms. The van der Waals surface area contributed by atoms with E-state index < -0.39 is 5.60 Å². The molecule has 1 heterocycles. The van der Waals surface area contributed by atoms with Crippen LogP contribution in [0.4, 0.5) is 4.79 Å². The first kappa shape index (κ1) is 17.0. The van der Waals surface area contributed by atoms with Gasteiger partial charge in [-0.1, -0.05) is 6.92 Å². The van der Waals surface area contributed by atoms with Crippen LogP contribution in [-0.4, -0.2) is 42.5 Å². The smallest absolute Gasteiger partial charge is 0.407 e. The Morgan fingerprint density at radius 3 is 2.61 bits per heavy atom. The van der Waals surface area contributed by atoms with Gasteiger partial charge in [-0.2, -0.15) is 0 Å². The Labute approximate surface area is 139 Å². The van der Waals surface area contributed by atoms with E-state index in [-0.39, 0.29) is 24.3 Å². The molecule has 3 rings (SSSR count). The van der Waals surface area contributed by atoms with Gasteiger partial charge in [-0.15, -0.1) is 0 Å². The molecule has 5 nitrogen and oxygen atoms in total. The number of fused-ring (bicyclic) bond motifs is 1. The highest BCUT2D eigenvalue weighted by Crippen LogP contribution is 2.39. The molecule has 2 saturated carbocycles. The average Bonchev–Trinajstić information content (AvgIpc) is 2.86. The Hall–Kier alpha value is -0.810. The van der Waals surface area contributed by atoms with Gasteiger partial charge in [0.25, 0.3) is 0 Å². The maximum Gasteiger partial charge on any atom is 0.407 e. The van der Waals surface area contributed by atoms with Gasteiger partial charge < -0.3 is 20.1 Å². The molecule has 0 aromatic heterocycles. The van der Waals surface area contributed by atoms with Crippen molar-refractivity contribution < 1.29 is 14.3 Å². The van der Waals surface area contributed by atoms with Crippen molar-refractivity contribution in [2.75, 3.05) is 6.61 Å². The summed E-state index contributed by atoms with van der Waals surface area (Å²) in [5.41, 5.74) is -0.458. The van der Waals surface area contributed by atoms with Gasteiger partial charge in [0.2, 0.25) is 0 Å². The van der Waals surface area contributed by atoms with Gasteiger partial charge in [0.05, 0.1) is 18.2 Å². The van der Waals surface area contributed by atoms with Crippen molar-refractivity contribution in [2.24, 2.45) is 11.8 Å². The van der Waals surface area contributed by atoms with Gasteiger partial charge in [0.1, 0.15) is 5.60 Å². The second kappa shape index (κ2) is 6.60. The molecular weight excluding hydrogens is 292 g/mol. The number of ether oxygens (including phenoxy) is 2. The summed E-state index contributed by atoms with van der Waals surface area (Å²) >= 11 is 0. The third-order valence-electron chi connectivity index (χ3n) is 5.42. The number of carbonyl (C=O) groups excluding carboxylic acids is 1. The van der Waals surface area contributed by atoms with Crippen LogP contribution in [0.5, 0.6) is 0 Å². The van der Waals surface area contributed by atoms with Crippen molar-refractivity contribution in [1.82, 2.24) is 10.6 Å². The minimum Gasteiger partial charge on any atom is -0.444 e. The molecule has 0 radical (unpaired) electrons. The van der Waals surface area contributed by atoms with Crippen molar-refractivity contribution >= 4 is 6.09 Å². The van der Waals surface area contributed by atoms with Crippen LogP contribution in [0, 0.1) is 11.8 Å². The third-order valence-corrected chi connectivity index (χ3v) is 5.42. The first-order chi connectivity index (χ1) is 10.8. The highest BCUT2D eigenvalue weighted by molar-refractivity contribution is 5.68. The van der Waals surface area contributed by atoms with Crippen molar-refractivity contribution in [2.45, 2.75) is 89.6 Å². The molecular formula is C18H32N2O3. The number of nitrogens with one attached hydrogen (secondary N) is 2. The maximum absolute atomic E-state index is 12.2. The van der Waals surface area contributed by atoms with E-state index in [1.165, 1.54) is 19.3 Å². The van der Waals surface area contributed by atoms with Gasteiger partial charge in [-0.25, -0.2) is 4.79 Å². The largest absolute Gasteiger partial charge is 0.444 e. The zero-order chi connectivity index (χ0) is 16.6. The van der Waals surface area contributed by atoms with E-state index in [4.69, 9.17) is 9.47 Å². The Kier molecular flexibility index (Phi) is 4.88. The summed E-state index contributed by atoms with van der Waals surface area (Å²) in [6, 6.07) is 0.915. The minimum absolute atomic E-state index is 0.131. The lowest BCUT2D eigenvalue weighted by molar-refractivity contribution is -0.130. The van der Waals surface area contributed by atoms with E-state index in [1.54, 1.807) is 0 Å². The molecule has 5 heteroatoms. The first-order valence-corrected chi connectivity index (χ1v) is 9.20. The normalized spacial score (nSPS) is 40.2. The SMILES string of the molecule is CC1CCC(NC2C(NC(=O)OC(C)(C)C)C3CCCOC32)C1. The van der Waals surface area contributed by atoms with Crippen LogP contribution in [0.3, 0.4) is 0 Å². The molecule has 132 valence electrons. The van der Waals surface area contributed by atoms with Gasteiger partial charge in [-0.3, -0.25) is 0 Å². The standard InChI is InChI=1S/C18H32N2O3/c1-11-7-8-12(10-11)19-15-14(13-6-5-9-22-16(13)15)20-17(21)23-18(2,3)4/h11-16,19H,5-10H2,1-4H3,(H,20,21). The van der Waals surface area contributed by atoms with Crippen LogP contribution in [0.2, 0.25) is 0 Å². The Balaban J connectivity index is 1.59. The molecule has 1 aliphatic heterocycles. The summed E-state index contributed by atoms with van der Waals surface area (Å²) < 4.78 is 11.4. The predicted molar refractivity (Wildman–Crippen MR) is 89.3 cm³/mol. The number of hydrogen-bond acceptors (Lipinski definition) is 4. The molecule has 6 atom stereocenters. The van der Waals surface area contributed by atoms with Crippen molar-refractivity contribution in [3.63, 3.8) is 0 Å². The van der Waals surface area contributed by atoms with Gasteiger partial charge in [-0.05, 0) is 58.8 Å². The van der Waals surface area contributed by atoms with E-state index in [1.807, 2.05) is 20.8 Å². The molecule has 6 unspecified atom stereocenters. The van der Waals surface area contributed by atoms with Crippen LogP contribution in [-0.2, 0) is 9.47 Å². The number of rotatable bonds is 3. The summed E-state index contributed by atoms with van der Waals surface area (Å²) in [5.74, 6) is 1.22. The quantitative estimate of drug-likeness (QED) is 0.838. The molecule has 3 aliphatic rings. The monoisotopic (exact) mass is 324 g/mol. The molecule has 1 amide bonds. The van der Waals surface area contributed by atoms with Crippen LogP contribution >= 0.6 is 0 Å². The van der Waals surface area contributed by atoms with Crippen molar-refractivity contribution in [3.05, 3.63) is 0 Å². The summed E-state index contributed by atoms with van der Waals surface area (Å²) in [5, 5.41) is 6.87. The van der Waals surface area contributed by atoms with E-state index in [9.17, 15) is 4.79 Å². The number of alkyl carbamates (subject to hydrolysis) is 1. The number of hydrogen-bond donors (Lipinski definition) is 2. The lowest BCUT2D eigenvalue weighted by Gasteiger charge is -2.54. The third kappa shape index (κ3) is 4.00. The minimum atomic E-state index is -0.458. The van der Waals surface area contributed by atoms with Crippen LogP contribution in [0.1, 0.15) is 59.8 Å². The molecule has 1 saturated heterocycles. The Morgan fingerprint density at radius 1 is 1.17 bits per heavy atom. The molecule has 0 spiro atoms. The summed E-state index contributed by atoms with van der Waals surface area (Å²) in [7, 11) is 0. The van der Waals surface area contributed by atoms with Gasteiger partial charge in [0.15, 0.2) is 0 Å². The average molecular weight is 324 g/mol. The second-order valence-corrected chi connectivity index (χ2v) is 8.62. The lowest BCUT2D eigenvalue weighted by atomic mass is 9.68. The summed E-state index contributed by atoms with van der Waals surface area (Å²) in [6.45, 7) is 8.86. The summed E-state index contributed by atoms with van der Waals surface area (Å²) in [4.78, 5) is 12.2. The molecule has 0 aromatic carbocycles. The van der Waals surface area contributed by atoms with Crippen molar-refractivity contribution in [3.8, 4) is 0 Å². The van der Waals surface area contributed by atoms with E-state index in [0.717, 1.165) is 25.4 Å². The molecule has 2 aliphatic carbocycles. The fourth-order valence-electron chi connectivity index (χ4n) is 4.37. The molecule has 0 aromatic rings. The maximum atomic E-state index is 12.2. The predicted octanol–water partition coefficient (Wildman–Crippen LogP) is 2.84. The Bertz CT molecular complexity index is 434. The number of carbonyl (C=O) groups is 1. The molecule has 3 fully saturated rings. The fourth-order valence-corrected chi connectivity index (χ4v) is 4.37. The molecule has 0 bridgehead atoms. The fraction of sp³-hybridized carbons (Fsp3) is 0.944. The molecule has 2 N–H and O–H groups in total. The Morgan fingerprint density at radius 2 is 1.96 bits per heavy atom. The highest BCUT2D eigenvalue weighted by atomic mass is 16.6.